The molecule has 14 nitrogen and oxygen atoms in total. The van der Waals surface area contributed by atoms with Crippen molar-refractivity contribution in [2.45, 2.75) is 78.2 Å². The van der Waals surface area contributed by atoms with Crippen LogP contribution >= 0.6 is 8.53 Å². The molecule has 5 rings (SSSR count). The Hall–Kier alpha value is -3.58. The van der Waals surface area contributed by atoms with Crippen molar-refractivity contribution in [2.75, 3.05) is 12.3 Å². The number of hydrogen-bond acceptors (Lipinski definition) is 13. The first-order valence-electron chi connectivity index (χ1n) is 13.6. The third kappa shape index (κ3) is 5.84. The molecule has 1 saturated heterocycles. The van der Waals surface area contributed by atoms with E-state index >= 15 is 0 Å². The van der Waals surface area contributed by atoms with Crippen molar-refractivity contribution in [1.29, 1.82) is 0 Å². The van der Waals surface area contributed by atoms with Crippen LogP contribution in [0.4, 0.5) is 5.95 Å². The van der Waals surface area contributed by atoms with Gasteiger partial charge in [0.25, 0.3) is 0 Å². The molecule has 2 aliphatic rings. The molecule has 0 spiro atoms. The van der Waals surface area contributed by atoms with Crippen LogP contribution in [0.3, 0.4) is 0 Å². The summed E-state index contributed by atoms with van der Waals surface area (Å²) in [6.45, 7) is 10.7. The van der Waals surface area contributed by atoms with E-state index < -0.39 is 56.5 Å². The molecule has 2 aromatic heterocycles. The number of nitrogens with zero attached hydrogens (tertiary/aromatic N) is 4. The quantitative estimate of drug-likeness (QED) is 0.229. The number of aromatic nitrogens is 4. The SMILES string of the molecule is CCOc1nc(N)nc2c1ncn2[C@@H]1O[C@@H]2C(O[P@](N[C@H](C)C(=O)OC(C)C)Oc3ccccc3)[C@]2(C)[C@H]1OC(C)=O. The van der Waals surface area contributed by atoms with Gasteiger partial charge in [0.1, 0.15) is 17.9 Å². The van der Waals surface area contributed by atoms with Gasteiger partial charge in [-0.3, -0.25) is 14.2 Å². The van der Waals surface area contributed by atoms with E-state index in [1.54, 1.807) is 37.5 Å². The summed E-state index contributed by atoms with van der Waals surface area (Å²) >= 11 is 0. The zero-order valence-electron chi connectivity index (χ0n) is 24.2. The van der Waals surface area contributed by atoms with E-state index in [1.807, 2.05) is 32.0 Å². The molecule has 7 atom stereocenters. The molecule has 3 heterocycles. The lowest BCUT2D eigenvalue weighted by Gasteiger charge is -2.29. The summed E-state index contributed by atoms with van der Waals surface area (Å²) in [5.41, 5.74) is 5.98. The molecule has 1 saturated carbocycles. The van der Waals surface area contributed by atoms with Crippen LogP contribution in [0.1, 0.15) is 47.8 Å². The highest BCUT2D eigenvalue weighted by molar-refractivity contribution is 7.45. The number of esters is 2. The fraction of sp³-hybridized carbons (Fsp3) is 0.519. The Morgan fingerprint density at radius 3 is 2.60 bits per heavy atom. The molecule has 0 bridgehead atoms. The Balaban J connectivity index is 1.39. The maximum Gasteiger partial charge on any atom is 0.323 e. The number of nitrogens with two attached hydrogens (primary N) is 1. The highest BCUT2D eigenvalue weighted by Crippen LogP contribution is 2.66. The smallest absolute Gasteiger partial charge is 0.323 e. The van der Waals surface area contributed by atoms with E-state index in [0.717, 1.165) is 0 Å². The molecule has 1 aromatic carbocycles. The van der Waals surface area contributed by atoms with Gasteiger partial charge in [0.05, 0.1) is 30.6 Å². The van der Waals surface area contributed by atoms with E-state index in [0.29, 0.717) is 23.5 Å². The van der Waals surface area contributed by atoms with Gasteiger partial charge in [-0.1, -0.05) is 25.1 Å². The summed E-state index contributed by atoms with van der Waals surface area (Å²) < 4.78 is 37.4. The molecular formula is C27H35N6O8P. The summed E-state index contributed by atoms with van der Waals surface area (Å²) in [7, 11) is -1.85. The Morgan fingerprint density at radius 2 is 1.93 bits per heavy atom. The van der Waals surface area contributed by atoms with Crippen molar-refractivity contribution < 1.29 is 37.6 Å². The number of anilines is 1. The third-order valence-electron chi connectivity index (χ3n) is 6.95. The monoisotopic (exact) mass is 602 g/mol. The second-order valence-electron chi connectivity index (χ2n) is 10.5. The minimum absolute atomic E-state index is 0.00667. The van der Waals surface area contributed by atoms with Gasteiger partial charge < -0.3 is 33.7 Å². The first-order valence-corrected chi connectivity index (χ1v) is 14.8. The van der Waals surface area contributed by atoms with Gasteiger partial charge in [-0.05, 0) is 39.8 Å². The maximum absolute atomic E-state index is 12.5. The van der Waals surface area contributed by atoms with Crippen molar-refractivity contribution in [3.05, 3.63) is 36.7 Å². The molecule has 0 radical (unpaired) electrons. The Bertz CT molecular complexity index is 1440. The molecule has 0 amide bonds. The molecular weight excluding hydrogens is 567 g/mol. The standard InChI is InChI=1S/C27H35N6O8P/c1-7-36-23-18-22(30-26(28)31-23)33(13-29-18)24-21(38-16(5)34)27(6)19(39-24)20(27)41-42(40-17-11-9-8-10-12-17)32-15(4)25(35)37-14(2)3/h8-15,19-21,24,32H,7H2,1-6H3,(H2,28,30,31)/t15-,19-,20?,21+,24-,27-,42-/m1/s1. The van der Waals surface area contributed by atoms with Crippen molar-refractivity contribution in [3.8, 4) is 11.6 Å². The van der Waals surface area contributed by atoms with Gasteiger partial charge in [0.15, 0.2) is 23.5 Å². The van der Waals surface area contributed by atoms with Crippen molar-refractivity contribution in [1.82, 2.24) is 24.6 Å². The highest BCUT2D eigenvalue weighted by atomic mass is 31.2. The lowest BCUT2D eigenvalue weighted by atomic mass is 10.0. The Kier molecular flexibility index (Phi) is 8.51. The Morgan fingerprint density at radius 1 is 1.19 bits per heavy atom. The normalized spacial score (nSPS) is 26.0. The zero-order chi connectivity index (χ0) is 30.2. The summed E-state index contributed by atoms with van der Waals surface area (Å²) in [5.74, 6) is -0.112. The average molecular weight is 603 g/mol. The van der Waals surface area contributed by atoms with Gasteiger partial charge in [0.2, 0.25) is 11.8 Å². The average Bonchev–Trinajstić information content (AvgIpc) is 3.18. The fourth-order valence-corrected chi connectivity index (χ4v) is 6.34. The summed E-state index contributed by atoms with van der Waals surface area (Å²) in [6.07, 6.45) is -1.29. The molecule has 1 aliphatic heterocycles. The first kappa shape index (κ1) is 29.9. The van der Waals surface area contributed by atoms with Crippen molar-refractivity contribution in [3.63, 3.8) is 0 Å². The van der Waals surface area contributed by atoms with Crippen LogP contribution in [0.5, 0.6) is 11.6 Å². The summed E-state index contributed by atoms with van der Waals surface area (Å²) in [5, 5.41) is 3.11. The summed E-state index contributed by atoms with van der Waals surface area (Å²) in [4.78, 5) is 37.7. The van der Waals surface area contributed by atoms with Crippen LogP contribution < -0.4 is 20.1 Å². The van der Waals surface area contributed by atoms with Gasteiger partial charge >= 0.3 is 20.5 Å². The molecule has 1 unspecified atom stereocenters. The van der Waals surface area contributed by atoms with E-state index in [2.05, 4.69) is 20.0 Å². The summed E-state index contributed by atoms with van der Waals surface area (Å²) in [6, 6.07) is 8.39. The van der Waals surface area contributed by atoms with Gasteiger partial charge in [-0.15, -0.1) is 0 Å². The van der Waals surface area contributed by atoms with Crippen molar-refractivity contribution >= 4 is 37.6 Å². The molecule has 42 heavy (non-hydrogen) atoms. The molecule has 2 fully saturated rings. The predicted molar refractivity (Wildman–Crippen MR) is 151 cm³/mol. The number of rotatable bonds is 12. The molecule has 15 heteroatoms. The number of fused-ring (bicyclic) bond motifs is 2. The number of para-hydroxylation sites is 1. The van der Waals surface area contributed by atoms with Crippen LogP contribution in [0.25, 0.3) is 11.2 Å². The topological polar surface area (TPSA) is 171 Å². The number of ether oxygens (including phenoxy) is 4. The van der Waals surface area contributed by atoms with Crippen LogP contribution in [-0.2, 0) is 28.3 Å². The van der Waals surface area contributed by atoms with Crippen LogP contribution in [0.2, 0.25) is 0 Å². The predicted octanol–water partition coefficient (Wildman–Crippen LogP) is 3.28. The number of carbonyl (C=O) groups excluding carboxylic acids is 2. The van der Waals surface area contributed by atoms with Crippen molar-refractivity contribution in [2.24, 2.45) is 5.41 Å². The first-order chi connectivity index (χ1) is 20.0. The number of nitrogens with one attached hydrogen (secondary N) is 1. The van der Waals surface area contributed by atoms with Gasteiger partial charge in [-0.2, -0.15) is 9.97 Å². The number of benzene rings is 1. The second kappa shape index (κ2) is 12.0. The molecule has 3 N–H and O–H groups in total. The second-order valence-corrected chi connectivity index (χ2v) is 11.7. The minimum atomic E-state index is -1.85. The highest BCUT2D eigenvalue weighted by Gasteiger charge is 2.77. The third-order valence-corrected chi connectivity index (χ3v) is 8.34. The van der Waals surface area contributed by atoms with Crippen LogP contribution in [-0.4, -0.2) is 68.5 Å². The molecule has 226 valence electrons. The number of imidazole rings is 1. The molecule has 3 aromatic rings. The zero-order valence-corrected chi connectivity index (χ0v) is 25.1. The lowest BCUT2D eigenvalue weighted by molar-refractivity contribution is -0.160. The van der Waals surface area contributed by atoms with Crippen LogP contribution in [0, 0.1) is 5.41 Å². The van der Waals surface area contributed by atoms with Gasteiger partial charge in [0, 0.05) is 6.92 Å². The Labute approximate surface area is 244 Å². The lowest BCUT2D eigenvalue weighted by Crippen LogP contribution is -2.37. The van der Waals surface area contributed by atoms with Gasteiger partial charge in [-0.25, -0.2) is 10.1 Å². The number of carbonyl (C=O) groups is 2. The van der Waals surface area contributed by atoms with E-state index in [-0.39, 0.29) is 17.9 Å². The minimum Gasteiger partial charge on any atom is -0.476 e. The number of nitrogen functional groups attached to an aromatic ring is 1. The largest absolute Gasteiger partial charge is 0.476 e. The number of hydrogen-bond donors (Lipinski definition) is 2. The van der Waals surface area contributed by atoms with Crippen LogP contribution in [0.15, 0.2) is 36.7 Å². The maximum atomic E-state index is 12.5. The van der Waals surface area contributed by atoms with E-state index in [1.165, 1.54) is 13.3 Å². The van der Waals surface area contributed by atoms with E-state index in [4.69, 9.17) is 33.7 Å². The molecule has 1 aliphatic carbocycles. The van der Waals surface area contributed by atoms with E-state index in [9.17, 15) is 9.59 Å². The fourth-order valence-electron chi connectivity index (χ4n) is 4.90.